The number of aromatic nitrogens is 2. The minimum absolute atomic E-state index is 0.218. The van der Waals surface area contributed by atoms with Crippen LogP contribution in [0.25, 0.3) is 0 Å². The van der Waals surface area contributed by atoms with Crippen molar-refractivity contribution in [2.24, 2.45) is 0 Å². The average Bonchev–Trinajstić information content (AvgIpc) is 2.62. The number of thioether (sulfide) groups is 1. The van der Waals surface area contributed by atoms with Crippen LogP contribution in [0.2, 0.25) is 5.02 Å². The maximum Gasteiger partial charge on any atom is 0.316 e. The van der Waals surface area contributed by atoms with Crippen LogP contribution in [0.5, 0.6) is 0 Å². The van der Waals surface area contributed by atoms with Crippen LogP contribution in [-0.4, -0.2) is 35.3 Å². The number of hydrogen-bond donors (Lipinski definition) is 0. The number of carbonyl (C=O) groups is 1. The SMILES string of the molecule is COC(=O)CSc1cncc(N2CCc3c(Br)ccc(Cl)c3C2)n1. The topological polar surface area (TPSA) is 55.3 Å². The Labute approximate surface area is 157 Å². The van der Waals surface area contributed by atoms with Crippen molar-refractivity contribution in [3.8, 4) is 0 Å². The summed E-state index contributed by atoms with van der Waals surface area (Å²) >= 11 is 11.3. The molecule has 1 aromatic heterocycles. The highest BCUT2D eigenvalue weighted by molar-refractivity contribution is 9.10. The maximum absolute atomic E-state index is 11.3. The number of methoxy groups -OCH3 is 1. The summed E-state index contributed by atoms with van der Waals surface area (Å²) in [5, 5.41) is 1.46. The van der Waals surface area contributed by atoms with Crippen LogP contribution in [0.15, 0.2) is 34.0 Å². The molecular formula is C16H15BrClN3O2S. The molecule has 0 atom stereocenters. The van der Waals surface area contributed by atoms with E-state index in [0.717, 1.165) is 33.8 Å². The molecule has 0 saturated carbocycles. The minimum Gasteiger partial charge on any atom is -0.468 e. The van der Waals surface area contributed by atoms with Crippen LogP contribution in [0.4, 0.5) is 5.82 Å². The molecule has 0 aliphatic carbocycles. The third-order valence-corrected chi connectivity index (χ3v) is 5.76. The van der Waals surface area contributed by atoms with E-state index in [1.54, 1.807) is 12.4 Å². The fraction of sp³-hybridized carbons (Fsp3) is 0.312. The van der Waals surface area contributed by atoms with Crippen molar-refractivity contribution in [1.82, 2.24) is 9.97 Å². The summed E-state index contributed by atoms with van der Waals surface area (Å²) in [5.74, 6) is 0.721. The molecule has 5 nitrogen and oxygen atoms in total. The van der Waals surface area contributed by atoms with E-state index < -0.39 is 0 Å². The van der Waals surface area contributed by atoms with Gasteiger partial charge < -0.3 is 9.64 Å². The van der Waals surface area contributed by atoms with E-state index in [-0.39, 0.29) is 11.7 Å². The van der Waals surface area contributed by atoms with E-state index >= 15 is 0 Å². The van der Waals surface area contributed by atoms with Gasteiger partial charge in [0.1, 0.15) is 10.8 Å². The third-order valence-electron chi connectivity index (χ3n) is 3.79. The molecule has 1 aliphatic heterocycles. The molecule has 24 heavy (non-hydrogen) atoms. The minimum atomic E-state index is -0.282. The maximum atomic E-state index is 11.3. The Bertz CT molecular complexity index is 775. The van der Waals surface area contributed by atoms with Gasteiger partial charge in [0.05, 0.1) is 25.3 Å². The zero-order valence-corrected chi connectivity index (χ0v) is 16.1. The Morgan fingerprint density at radius 1 is 1.42 bits per heavy atom. The largest absolute Gasteiger partial charge is 0.468 e. The highest BCUT2D eigenvalue weighted by Crippen LogP contribution is 2.33. The number of carbonyl (C=O) groups excluding carboxylic acids is 1. The summed E-state index contributed by atoms with van der Waals surface area (Å²) in [6.45, 7) is 1.53. The summed E-state index contributed by atoms with van der Waals surface area (Å²) in [4.78, 5) is 22.2. The van der Waals surface area contributed by atoms with Gasteiger partial charge in [-0.2, -0.15) is 0 Å². The van der Waals surface area contributed by atoms with E-state index in [4.69, 9.17) is 11.6 Å². The van der Waals surface area contributed by atoms with Crippen molar-refractivity contribution in [2.75, 3.05) is 24.3 Å². The summed E-state index contributed by atoms with van der Waals surface area (Å²) in [6.07, 6.45) is 4.27. The van der Waals surface area contributed by atoms with Crippen LogP contribution < -0.4 is 4.90 Å². The van der Waals surface area contributed by atoms with E-state index in [1.807, 2.05) is 12.1 Å². The molecule has 126 valence electrons. The van der Waals surface area contributed by atoms with Crippen molar-refractivity contribution in [2.45, 2.75) is 18.0 Å². The molecule has 0 unspecified atom stereocenters. The number of hydrogen-bond acceptors (Lipinski definition) is 6. The Morgan fingerprint density at radius 2 is 2.25 bits per heavy atom. The molecular weight excluding hydrogens is 414 g/mol. The Balaban J connectivity index is 1.78. The molecule has 0 radical (unpaired) electrons. The zero-order valence-electron chi connectivity index (χ0n) is 13.0. The third kappa shape index (κ3) is 3.84. The van der Waals surface area contributed by atoms with Gasteiger partial charge in [0.15, 0.2) is 0 Å². The lowest BCUT2D eigenvalue weighted by molar-refractivity contribution is -0.137. The van der Waals surface area contributed by atoms with E-state index in [0.29, 0.717) is 11.6 Å². The van der Waals surface area contributed by atoms with Gasteiger partial charge in [-0.25, -0.2) is 4.98 Å². The zero-order chi connectivity index (χ0) is 17.1. The van der Waals surface area contributed by atoms with Crippen molar-refractivity contribution in [3.63, 3.8) is 0 Å². The monoisotopic (exact) mass is 427 g/mol. The molecule has 0 bridgehead atoms. The second-order valence-corrected chi connectivity index (χ2v) is 7.50. The van der Waals surface area contributed by atoms with Crippen molar-refractivity contribution >= 4 is 51.1 Å². The summed E-state index contributed by atoms with van der Waals surface area (Å²) in [7, 11) is 1.37. The predicted molar refractivity (Wildman–Crippen MR) is 98.7 cm³/mol. The number of rotatable bonds is 4. The fourth-order valence-corrected chi connectivity index (χ4v) is 4.02. The smallest absolute Gasteiger partial charge is 0.316 e. The first-order chi connectivity index (χ1) is 11.6. The summed E-state index contributed by atoms with van der Waals surface area (Å²) in [6, 6.07) is 3.89. The van der Waals surface area contributed by atoms with E-state index in [2.05, 4.69) is 35.5 Å². The molecule has 2 aromatic rings. The number of benzene rings is 1. The van der Waals surface area contributed by atoms with Gasteiger partial charge in [-0.1, -0.05) is 39.3 Å². The van der Waals surface area contributed by atoms with Gasteiger partial charge in [-0.05, 0) is 29.7 Å². The van der Waals surface area contributed by atoms with Crippen LogP contribution >= 0.6 is 39.3 Å². The van der Waals surface area contributed by atoms with Gasteiger partial charge in [-0.15, -0.1) is 0 Å². The van der Waals surface area contributed by atoms with Crippen molar-refractivity contribution < 1.29 is 9.53 Å². The van der Waals surface area contributed by atoms with Gasteiger partial charge in [0.2, 0.25) is 0 Å². The molecule has 0 spiro atoms. The Hall–Kier alpha value is -1.31. The van der Waals surface area contributed by atoms with Crippen LogP contribution in [-0.2, 0) is 22.5 Å². The predicted octanol–water partition coefficient (Wildman–Crippen LogP) is 3.72. The fourth-order valence-electron chi connectivity index (χ4n) is 2.54. The molecule has 1 aromatic carbocycles. The lowest BCUT2D eigenvalue weighted by Crippen LogP contribution is -2.31. The summed E-state index contributed by atoms with van der Waals surface area (Å²) < 4.78 is 5.74. The average molecular weight is 429 g/mol. The quantitative estimate of drug-likeness (QED) is 0.546. The molecule has 1 aliphatic rings. The van der Waals surface area contributed by atoms with Crippen LogP contribution in [0.3, 0.4) is 0 Å². The molecule has 2 heterocycles. The van der Waals surface area contributed by atoms with Crippen molar-refractivity contribution in [3.05, 3.63) is 45.1 Å². The van der Waals surface area contributed by atoms with E-state index in [9.17, 15) is 4.79 Å². The lowest BCUT2D eigenvalue weighted by Gasteiger charge is -2.30. The van der Waals surface area contributed by atoms with Crippen molar-refractivity contribution in [1.29, 1.82) is 0 Å². The Kier molecular flexibility index (Phi) is 5.63. The Morgan fingerprint density at radius 3 is 3.04 bits per heavy atom. The molecule has 3 rings (SSSR count). The lowest BCUT2D eigenvalue weighted by atomic mass is 10.00. The highest BCUT2D eigenvalue weighted by atomic mass is 79.9. The first-order valence-corrected chi connectivity index (χ1v) is 9.46. The van der Waals surface area contributed by atoms with Gasteiger partial charge in [0.25, 0.3) is 0 Å². The first kappa shape index (κ1) is 17.5. The number of anilines is 1. The summed E-state index contributed by atoms with van der Waals surface area (Å²) in [5.41, 5.74) is 2.37. The van der Waals surface area contributed by atoms with Gasteiger partial charge >= 0.3 is 5.97 Å². The molecule has 0 N–H and O–H groups in total. The second kappa shape index (κ2) is 7.72. The number of esters is 1. The van der Waals surface area contributed by atoms with E-state index in [1.165, 1.54) is 24.4 Å². The van der Waals surface area contributed by atoms with Crippen LogP contribution in [0, 0.1) is 0 Å². The van der Waals surface area contributed by atoms with Gasteiger partial charge in [-0.3, -0.25) is 9.78 Å². The molecule has 0 saturated heterocycles. The number of fused-ring (bicyclic) bond motifs is 1. The van der Waals surface area contributed by atoms with Crippen LogP contribution in [0.1, 0.15) is 11.1 Å². The normalized spacial score (nSPS) is 13.5. The molecule has 0 amide bonds. The molecule has 0 fully saturated rings. The van der Waals surface area contributed by atoms with Gasteiger partial charge in [0, 0.05) is 22.6 Å². The molecule has 8 heteroatoms. The standard InChI is InChI=1S/C16H15BrClN3O2S/c1-23-16(22)9-24-15-7-19-6-14(20-15)21-5-4-10-11(8-21)13(18)3-2-12(10)17/h2-3,6-7H,4-5,8-9H2,1H3. The number of ether oxygens (including phenoxy) is 1. The second-order valence-electron chi connectivity index (χ2n) is 5.24. The first-order valence-electron chi connectivity index (χ1n) is 7.31. The number of nitrogens with zero attached hydrogens (tertiary/aromatic N) is 3. The highest BCUT2D eigenvalue weighted by Gasteiger charge is 2.22. The number of halogens is 2.